The SMILES string of the molecule is Cc1cc(Br)c2nc(C(C)C)nc(N)c2c1. The Morgan fingerprint density at radius 2 is 1.94 bits per heavy atom. The maximum Gasteiger partial charge on any atom is 0.135 e. The third kappa shape index (κ3) is 1.89. The van der Waals surface area contributed by atoms with Crippen LogP contribution < -0.4 is 5.73 Å². The first kappa shape index (κ1) is 11.3. The van der Waals surface area contributed by atoms with Crippen LogP contribution in [0, 0.1) is 6.92 Å². The smallest absolute Gasteiger partial charge is 0.135 e. The van der Waals surface area contributed by atoms with Gasteiger partial charge in [-0.05, 0) is 40.5 Å². The van der Waals surface area contributed by atoms with Crippen molar-refractivity contribution in [3.05, 3.63) is 28.0 Å². The number of hydrogen-bond donors (Lipinski definition) is 1. The number of hydrogen-bond acceptors (Lipinski definition) is 3. The first-order chi connectivity index (χ1) is 7.49. The summed E-state index contributed by atoms with van der Waals surface area (Å²) in [5.41, 5.74) is 8.00. The van der Waals surface area contributed by atoms with Gasteiger partial charge in [-0.1, -0.05) is 13.8 Å². The molecule has 0 spiro atoms. The number of nitrogens with two attached hydrogens (primary N) is 1. The average Bonchev–Trinajstić information content (AvgIpc) is 2.19. The molecule has 0 unspecified atom stereocenters. The minimum absolute atomic E-state index is 0.278. The zero-order chi connectivity index (χ0) is 11.9. The number of benzene rings is 1. The number of fused-ring (bicyclic) bond motifs is 1. The molecule has 3 nitrogen and oxygen atoms in total. The van der Waals surface area contributed by atoms with Gasteiger partial charge < -0.3 is 5.73 Å². The fourth-order valence-electron chi connectivity index (χ4n) is 1.62. The summed E-state index contributed by atoms with van der Waals surface area (Å²) in [4.78, 5) is 8.87. The van der Waals surface area contributed by atoms with E-state index in [0.717, 1.165) is 26.8 Å². The molecule has 0 bridgehead atoms. The second-order valence-electron chi connectivity index (χ2n) is 4.26. The standard InChI is InChI=1S/C12H14BrN3/c1-6(2)12-15-10-8(11(14)16-12)4-7(3)5-9(10)13/h4-6H,1-3H3,(H2,14,15,16). The van der Waals surface area contributed by atoms with Crippen molar-refractivity contribution in [3.63, 3.8) is 0 Å². The number of nitrogen functional groups attached to an aromatic ring is 1. The van der Waals surface area contributed by atoms with Crippen LogP contribution in [-0.4, -0.2) is 9.97 Å². The predicted octanol–water partition coefficient (Wildman–Crippen LogP) is 3.41. The molecule has 2 N–H and O–H groups in total. The van der Waals surface area contributed by atoms with E-state index in [1.54, 1.807) is 0 Å². The molecule has 0 aliphatic rings. The average molecular weight is 280 g/mol. The first-order valence-electron chi connectivity index (χ1n) is 5.22. The van der Waals surface area contributed by atoms with Gasteiger partial charge in [0.25, 0.3) is 0 Å². The summed E-state index contributed by atoms with van der Waals surface area (Å²) in [6.07, 6.45) is 0. The molecule has 2 aromatic rings. The molecule has 0 saturated carbocycles. The van der Waals surface area contributed by atoms with Crippen LogP contribution in [0.4, 0.5) is 5.82 Å². The molecule has 0 aliphatic carbocycles. The molecule has 84 valence electrons. The summed E-state index contributed by atoms with van der Waals surface area (Å²) in [6, 6.07) is 4.05. The zero-order valence-corrected chi connectivity index (χ0v) is 11.2. The second-order valence-corrected chi connectivity index (χ2v) is 5.12. The predicted molar refractivity (Wildman–Crippen MR) is 70.5 cm³/mol. The summed E-state index contributed by atoms with van der Waals surface area (Å²) in [7, 11) is 0. The van der Waals surface area contributed by atoms with Crippen molar-refractivity contribution in [1.29, 1.82) is 0 Å². The Bertz CT molecular complexity index is 549. The molecule has 1 heterocycles. The number of aromatic nitrogens is 2. The summed E-state index contributed by atoms with van der Waals surface area (Å²) >= 11 is 3.52. The second kappa shape index (κ2) is 4.01. The van der Waals surface area contributed by atoms with E-state index >= 15 is 0 Å². The first-order valence-corrected chi connectivity index (χ1v) is 6.01. The van der Waals surface area contributed by atoms with Crippen molar-refractivity contribution in [2.75, 3.05) is 5.73 Å². The Balaban J connectivity index is 2.82. The summed E-state index contributed by atoms with van der Waals surface area (Å²) in [5.74, 6) is 1.62. The molecule has 0 aliphatic heterocycles. The van der Waals surface area contributed by atoms with Crippen LogP contribution in [0.1, 0.15) is 31.2 Å². The molecule has 0 fully saturated rings. The van der Waals surface area contributed by atoms with E-state index in [1.165, 1.54) is 0 Å². The fraction of sp³-hybridized carbons (Fsp3) is 0.333. The summed E-state index contributed by atoms with van der Waals surface area (Å²) in [5, 5.41) is 0.913. The van der Waals surface area contributed by atoms with Crippen molar-refractivity contribution in [2.45, 2.75) is 26.7 Å². The van der Waals surface area contributed by atoms with Crippen molar-refractivity contribution >= 4 is 32.7 Å². The van der Waals surface area contributed by atoms with E-state index in [0.29, 0.717) is 5.82 Å². The van der Waals surface area contributed by atoms with Gasteiger partial charge in [0.1, 0.15) is 11.6 Å². The highest BCUT2D eigenvalue weighted by Gasteiger charge is 2.10. The Hall–Kier alpha value is -1.16. The van der Waals surface area contributed by atoms with Gasteiger partial charge in [0.2, 0.25) is 0 Å². The van der Waals surface area contributed by atoms with Crippen LogP contribution in [0.2, 0.25) is 0 Å². The molecule has 0 radical (unpaired) electrons. The van der Waals surface area contributed by atoms with Crippen molar-refractivity contribution < 1.29 is 0 Å². The van der Waals surface area contributed by atoms with Gasteiger partial charge in [-0.25, -0.2) is 9.97 Å². The highest BCUT2D eigenvalue weighted by atomic mass is 79.9. The number of anilines is 1. The number of rotatable bonds is 1. The Morgan fingerprint density at radius 1 is 1.25 bits per heavy atom. The largest absolute Gasteiger partial charge is 0.383 e. The Kier molecular flexibility index (Phi) is 2.84. The van der Waals surface area contributed by atoms with Gasteiger partial charge >= 0.3 is 0 Å². The molecule has 0 saturated heterocycles. The van der Waals surface area contributed by atoms with Gasteiger partial charge in [0, 0.05) is 15.8 Å². The molecular formula is C12H14BrN3. The fourth-order valence-corrected chi connectivity index (χ4v) is 2.29. The monoisotopic (exact) mass is 279 g/mol. The summed E-state index contributed by atoms with van der Waals surface area (Å²) in [6.45, 7) is 6.14. The lowest BCUT2D eigenvalue weighted by atomic mass is 10.1. The lowest BCUT2D eigenvalue weighted by Gasteiger charge is -2.09. The van der Waals surface area contributed by atoms with Gasteiger partial charge in [-0.3, -0.25) is 0 Å². The van der Waals surface area contributed by atoms with E-state index in [9.17, 15) is 0 Å². The van der Waals surface area contributed by atoms with E-state index in [-0.39, 0.29) is 5.92 Å². The molecular weight excluding hydrogens is 266 g/mol. The van der Waals surface area contributed by atoms with Crippen LogP contribution in [0.15, 0.2) is 16.6 Å². The van der Waals surface area contributed by atoms with Crippen LogP contribution in [0.25, 0.3) is 10.9 Å². The number of aryl methyl sites for hydroxylation is 1. The lowest BCUT2D eigenvalue weighted by Crippen LogP contribution is -2.03. The maximum absolute atomic E-state index is 5.96. The van der Waals surface area contributed by atoms with Crippen molar-refractivity contribution in [1.82, 2.24) is 9.97 Å². The molecule has 2 rings (SSSR count). The molecule has 1 aromatic carbocycles. The number of halogens is 1. The number of nitrogens with zero attached hydrogens (tertiary/aromatic N) is 2. The van der Waals surface area contributed by atoms with Crippen molar-refractivity contribution in [3.8, 4) is 0 Å². The van der Waals surface area contributed by atoms with Crippen LogP contribution >= 0.6 is 15.9 Å². The van der Waals surface area contributed by atoms with E-state index in [1.807, 2.05) is 19.1 Å². The molecule has 0 atom stereocenters. The zero-order valence-electron chi connectivity index (χ0n) is 9.58. The van der Waals surface area contributed by atoms with Gasteiger partial charge in [0.15, 0.2) is 0 Å². The molecule has 0 amide bonds. The Labute approximate surface area is 103 Å². The van der Waals surface area contributed by atoms with E-state index < -0.39 is 0 Å². The van der Waals surface area contributed by atoms with Gasteiger partial charge in [-0.2, -0.15) is 0 Å². The minimum atomic E-state index is 0.278. The van der Waals surface area contributed by atoms with Crippen LogP contribution in [0.5, 0.6) is 0 Å². The van der Waals surface area contributed by atoms with E-state index in [4.69, 9.17) is 5.73 Å². The van der Waals surface area contributed by atoms with E-state index in [2.05, 4.69) is 39.7 Å². The van der Waals surface area contributed by atoms with Crippen LogP contribution in [-0.2, 0) is 0 Å². The molecule has 4 heteroatoms. The Morgan fingerprint density at radius 3 is 2.56 bits per heavy atom. The third-order valence-electron chi connectivity index (χ3n) is 2.46. The van der Waals surface area contributed by atoms with Gasteiger partial charge in [0.05, 0.1) is 5.52 Å². The normalized spacial score (nSPS) is 11.3. The summed E-state index contributed by atoms with van der Waals surface area (Å²) < 4.78 is 0.971. The third-order valence-corrected chi connectivity index (χ3v) is 3.07. The highest BCUT2D eigenvalue weighted by molar-refractivity contribution is 9.10. The lowest BCUT2D eigenvalue weighted by molar-refractivity contribution is 0.785. The van der Waals surface area contributed by atoms with Gasteiger partial charge in [-0.15, -0.1) is 0 Å². The maximum atomic E-state index is 5.96. The minimum Gasteiger partial charge on any atom is -0.383 e. The topological polar surface area (TPSA) is 51.8 Å². The highest BCUT2D eigenvalue weighted by Crippen LogP contribution is 2.28. The quantitative estimate of drug-likeness (QED) is 0.870. The van der Waals surface area contributed by atoms with Crippen molar-refractivity contribution in [2.24, 2.45) is 0 Å². The molecule has 16 heavy (non-hydrogen) atoms. The van der Waals surface area contributed by atoms with Crippen LogP contribution in [0.3, 0.4) is 0 Å². The molecule has 1 aromatic heterocycles.